The van der Waals surface area contributed by atoms with Crippen molar-refractivity contribution >= 4 is 5.78 Å². The highest BCUT2D eigenvalue weighted by atomic mass is 16.1. The summed E-state index contributed by atoms with van der Waals surface area (Å²) in [7, 11) is 0. The van der Waals surface area contributed by atoms with Crippen LogP contribution in [0.3, 0.4) is 0 Å². The second kappa shape index (κ2) is 6.57. The van der Waals surface area contributed by atoms with Crippen LogP contribution in [0.15, 0.2) is 109 Å². The summed E-state index contributed by atoms with van der Waals surface area (Å²) in [5.41, 5.74) is 4.73. The highest BCUT2D eigenvalue weighted by Gasteiger charge is 2.80. The molecule has 0 N–H and O–H groups in total. The smallest absolute Gasteiger partial charge is 0.174 e. The zero-order chi connectivity index (χ0) is 23.6. The van der Waals surface area contributed by atoms with Gasteiger partial charge in [-0.1, -0.05) is 109 Å². The molecule has 6 bridgehead atoms. The van der Waals surface area contributed by atoms with Gasteiger partial charge in [-0.25, -0.2) is 0 Å². The highest BCUT2D eigenvalue weighted by Crippen LogP contribution is 2.80. The number of ketones is 1. The molecule has 3 aromatic carbocycles. The molecule has 8 unspecified atom stereocenters. The van der Waals surface area contributed by atoms with Gasteiger partial charge >= 0.3 is 0 Å². The van der Waals surface area contributed by atoms with Gasteiger partial charge in [0.2, 0.25) is 0 Å². The molecule has 7 aliphatic carbocycles. The van der Waals surface area contributed by atoms with Gasteiger partial charge in [0, 0.05) is 11.0 Å². The zero-order valence-corrected chi connectivity index (χ0v) is 20.3. The fourth-order valence-electron chi connectivity index (χ4n) is 11.0. The van der Waals surface area contributed by atoms with Crippen LogP contribution in [-0.4, -0.2) is 5.78 Å². The molecule has 0 aromatic heterocycles. The summed E-state index contributed by atoms with van der Waals surface area (Å²) in [5, 5.41) is 0. The van der Waals surface area contributed by atoms with Gasteiger partial charge in [0.25, 0.3) is 0 Å². The Hall–Kier alpha value is -3.19. The third-order valence-electron chi connectivity index (χ3n) is 11.5. The van der Waals surface area contributed by atoms with Crippen molar-refractivity contribution in [3.63, 3.8) is 0 Å². The van der Waals surface area contributed by atoms with Gasteiger partial charge in [-0.2, -0.15) is 0 Å². The number of rotatable bonds is 3. The molecular formula is C35H30O. The van der Waals surface area contributed by atoms with Gasteiger partial charge in [-0.3, -0.25) is 4.79 Å². The van der Waals surface area contributed by atoms with Gasteiger partial charge in [0.05, 0.1) is 5.41 Å². The van der Waals surface area contributed by atoms with E-state index < -0.39 is 5.41 Å². The van der Waals surface area contributed by atoms with E-state index in [0.717, 1.165) is 5.56 Å². The van der Waals surface area contributed by atoms with Crippen molar-refractivity contribution in [2.45, 2.75) is 23.7 Å². The number of carbonyl (C=O) groups is 1. The SMILES string of the molecule is O=C(c1ccccc1)C12c3ccccc3C(c3ccccc3)(C3C4C=CC(C4)C31)C1C3C=CC(C3)C12. The van der Waals surface area contributed by atoms with E-state index in [4.69, 9.17) is 0 Å². The number of Topliss-reactive ketones (excluding diaryl/α,β-unsaturated/α-hetero) is 1. The van der Waals surface area contributed by atoms with Crippen molar-refractivity contribution in [2.24, 2.45) is 47.3 Å². The molecule has 0 aliphatic heterocycles. The van der Waals surface area contributed by atoms with Crippen molar-refractivity contribution in [3.8, 4) is 0 Å². The lowest BCUT2D eigenvalue weighted by Crippen LogP contribution is -2.72. The average molecular weight is 467 g/mol. The first-order valence-corrected chi connectivity index (χ1v) is 13.9. The average Bonchev–Trinajstić information content (AvgIpc) is 3.76. The highest BCUT2D eigenvalue weighted by molar-refractivity contribution is 6.06. The maximum atomic E-state index is 15.2. The van der Waals surface area contributed by atoms with Crippen LogP contribution >= 0.6 is 0 Å². The third kappa shape index (κ3) is 1.97. The Kier molecular flexibility index (Phi) is 3.64. The van der Waals surface area contributed by atoms with E-state index in [2.05, 4.69) is 91.0 Å². The molecule has 3 fully saturated rings. The molecule has 176 valence electrons. The summed E-state index contributed by atoms with van der Waals surface area (Å²) in [6, 6.07) is 31.0. The fourth-order valence-corrected chi connectivity index (χ4v) is 11.0. The van der Waals surface area contributed by atoms with Crippen LogP contribution in [0.1, 0.15) is 39.9 Å². The summed E-state index contributed by atoms with van der Waals surface area (Å²) in [4.78, 5) is 15.2. The van der Waals surface area contributed by atoms with Crippen molar-refractivity contribution in [3.05, 3.63) is 131 Å². The van der Waals surface area contributed by atoms with E-state index >= 15 is 4.79 Å². The monoisotopic (exact) mass is 466 g/mol. The largest absolute Gasteiger partial charge is 0.293 e. The molecule has 1 heteroatoms. The standard InChI is InChI=1S/C35H30O/c36-33(21-9-3-1-4-10-21)35-28-14-8-7-13-27(28)34(26-11-5-2-6-12-26,29-22-15-17-24(19-22)31(29)35)30-23-16-18-25(20-23)32(30)35/h1-18,22-25,29-32H,19-20H2. The van der Waals surface area contributed by atoms with Crippen LogP contribution in [-0.2, 0) is 10.8 Å². The maximum absolute atomic E-state index is 15.2. The van der Waals surface area contributed by atoms with Gasteiger partial charge in [-0.05, 0) is 76.9 Å². The lowest BCUT2D eigenvalue weighted by molar-refractivity contribution is -0.0667. The van der Waals surface area contributed by atoms with Crippen molar-refractivity contribution in [2.75, 3.05) is 0 Å². The van der Waals surface area contributed by atoms with Crippen LogP contribution in [0.5, 0.6) is 0 Å². The van der Waals surface area contributed by atoms with E-state index in [-0.39, 0.29) is 5.41 Å². The van der Waals surface area contributed by atoms with E-state index in [9.17, 15) is 0 Å². The number of hydrogen-bond donors (Lipinski definition) is 0. The molecule has 36 heavy (non-hydrogen) atoms. The number of hydrogen-bond acceptors (Lipinski definition) is 1. The summed E-state index contributed by atoms with van der Waals surface area (Å²) < 4.78 is 0. The molecule has 3 aromatic rings. The second-order valence-corrected chi connectivity index (χ2v) is 12.3. The first-order valence-electron chi connectivity index (χ1n) is 13.9. The maximum Gasteiger partial charge on any atom is 0.174 e. The minimum Gasteiger partial charge on any atom is -0.293 e. The molecule has 8 atom stereocenters. The minimum atomic E-state index is -0.446. The van der Waals surface area contributed by atoms with Crippen LogP contribution < -0.4 is 0 Å². The predicted octanol–water partition coefficient (Wildman–Crippen LogP) is 7.00. The summed E-state index contributed by atoms with van der Waals surface area (Å²) in [6.45, 7) is 0. The molecule has 7 aliphatic rings. The Morgan fingerprint density at radius 3 is 1.61 bits per heavy atom. The molecule has 3 saturated carbocycles. The lowest BCUT2D eigenvalue weighted by atomic mass is 9.31. The number of allylic oxidation sites excluding steroid dienone is 4. The van der Waals surface area contributed by atoms with Crippen molar-refractivity contribution < 1.29 is 4.79 Å². The Labute approximate surface area is 212 Å². The Morgan fingerprint density at radius 2 is 1.03 bits per heavy atom. The molecule has 0 saturated heterocycles. The van der Waals surface area contributed by atoms with Crippen LogP contribution in [0.2, 0.25) is 0 Å². The Bertz CT molecular complexity index is 1420. The second-order valence-electron chi connectivity index (χ2n) is 12.3. The predicted molar refractivity (Wildman–Crippen MR) is 142 cm³/mol. The number of carbonyl (C=O) groups excluding carboxylic acids is 1. The van der Waals surface area contributed by atoms with Gasteiger partial charge < -0.3 is 0 Å². The molecule has 1 nitrogen and oxygen atoms in total. The Morgan fingerprint density at radius 1 is 0.556 bits per heavy atom. The normalized spacial score (nSPS) is 43.4. The van der Waals surface area contributed by atoms with E-state index in [1.807, 2.05) is 18.2 Å². The van der Waals surface area contributed by atoms with Crippen LogP contribution in [0.4, 0.5) is 0 Å². The molecule has 0 amide bonds. The topological polar surface area (TPSA) is 17.1 Å². The summed E-state index contributed by atoms with van der Waals surface area (Å²) in [6.07, 6.45) is 12.5. The first-order chi connectivity index (χ1) is 17.8. The van der Waals surface area contributed by atoms with Crippen molar-refractivity contribution in [1.82, 2.24) is 0 Å². The molecular weight excluding hydrogens is 436 g/mol. The minimum absolute atomic E-state index is 0.0275. The van der Waals surface area contributed by atoms with Crippen molar-refractivity contribution in [1.29, 1.82) is 0 Å². The fraction of sp³-hybridized carbons (Fsp3) is 0.343. The van der Waals surface area contributed by atoms with Gasteiger partial charge in [0.1, 0.15) is 0 Å². The molecule has 0 heterocycles. The van der Waals surface area contributed by atoms with Gasteiger partial charge in [-0.15, -0.1) is 0 Å². The van der Waals surface area contributed by atoms with E-state index in [1.165, 1.54) is 29.5 Å². The third-order valence-corrected chi connectivity index (χ3v) is 11.5. The summed E-state index contributed by atoms with van der Waals surface area (Å²) in [5.74, 6) is 4.18. The zero-order valence-electron chi connectivity index (χ0n) is 20.3. The molecule has 0 radical (unpaired) electrons. The molecule has 10 rings (SSSR count). The van der Waals surface area contributed by atoms with E-state index in [0.29, 0.717) is 53.1 Å². The number of fused-ring (bicyclic) bond motifs is 4. The van der Waals surface area contributed by atoms with Crippen LogP contribution in [0, 0.1) is 47.3 Å². The van der Waals surface area contributed by atoms with Gasteiger partial charge in [0.15, 0.2) is 5.78 Å². The molecule has 0 spiro atoms. The number of benzene rings is 3. The quantitative estimate of drug-likeness (QED) is 0.300. The Balaban J connectivity index is 1.45. The lowest BCUT2D eigenvalue weighted by Gasteiger charge is -2.70. The van der Waals surface area contributed by atoms with E-state index in [1.54, 1.807) is 0 Å². The summed E-state index contributed by atoms with van der Waals surface area (Å²) >= 11 is 0. The van der Waals surface area contributed by atoms with Crippen LogP contribution in [0.25, 0.3) is 0 Å². The first kappa shape index (κ1) is 19.9.